The van der Waals surface area contributed by atoms with Crippen LogP contribution in [0.3, 0.4) is 0 Å². The van der Waals surface area contributed by atoms with Crippen LogP contribution in [0.2, 0.25) is 0 Å². The van der Waals surface area contributed by atoms with Crippen LogP contribution in [0.1, 0.15) is 51.6 Å². The Hall–Kier alpha value is -2.15. The van der Waals surface area contributed by atoms with E-state index < -0.39 is 0 Å². The second kappa shape index (κ2) is 7.23. The van der Waals surface area contributed by atoms with Gasteiger partial charge < -0.3 is 10.2 Å². The average Bonchev–Trinajstić information content (AvgIpc) is 3.11. The van der Waals surface area contributed by atoms with E-state index in [9.17, 15) is 9.59 Å². The van der Waals surface area contributed by atoms with Gasteiger partial charge in [0.15, 0.2) is 0 Å². The van der Waals surface area contributed by atoms with Gasteiger partial charge in [-0.1, -0.05) is 6.42 Å². The number of aromatic nitrogens is 2. The largest absolute Gasteiger partial charge is 0.346 e. The van der Waals surface area contributed by atoms with E-state index in [1.807, 2.05) is 34.7 Å². The minimum Gasteiger partial charge on any atom is -0.346 e. The van der Waals surface area contributed by atoms with Crippen LogP contribution in [0.25, 0.3) is 0 Å². The lowest BCUT2D eigenvalue weighted by Gasteiger charge is -2.30. The van der Waals surface area contributed by atoms with Crippen LogP contribution in [0.4, 0.5) is 0 Å². The summed E-state index contributed by atoms with van der Waals surface area (Å²) in [5.74, 6) is 0.472. The third-order valence-electron chi connectivity index (χ3n) is 5.23. The summed E-state index contributed by atoms with van der Waals surface area (Å²) >= 11 is 1.49. The molecule has 6 nitrogen and oxygen atoms in total. The zero-order chi connectivity index (χ0) is 18.1. The molecule has 3 heterocycles. The molecule has 1 saturated carbocycles. The molecule has 0 radical (unpaired) electrons. The minimum absolute atomic E-state index is 0.0620. The summed E-state index contributed by atoms with van der Waals surface area (Å²) in [6, 6.07) is 5.82. The highest BCUT2D eigenvalue weighted by molar-refractivity contribution is 7.13. The molecule has 1 fully saturated rings. The van der Waals surface area contributed by atoms with Crippen molar-refractivity contribution in [1.29, 1.82) is 0 Å². The third kappa shape index (κ3) is 3.53. The van der Waals surface area contributed by atoms with Crippen LogP contribution < -0.4 is 5.32 Å². The SMILES string of the molecule is Cc1ccc(C(=O)NCc2cc3n(n2)CCCN(C(=O)C2CCC2)C3)s1. The molecule has 2 amide bonds. The highest BCUT2D eigenvalue weighted by Crippen LogP contribution is 2.29. The van der Waals surface area contributed by atoms with Crippen molar-refractivity contribution in [3.05, 3.63) is 39.3 Å². The van der Waals surface area contributed by atoms with Gasteiger partial charge in [-0.2, -0.15) is 5.10 Å². The number of thiophene rings is 1. The maximum Gasteiger partial charge on any atom is 0.261 e. The van der Waals surface area contributed by atoms with Gasteiger partial charge >= 0.3 is 0 Å². The van der Waals surface area contributed by atoms with Gasteiger partial charge in [0, 0.05) is 23.9 Å². The van der Waals surface area contributed by atoms with Crippen molar-refractivity contribution in [2.75, 3.05) is 6.54 Å². The first-order valence-electron chi connectivity index (χ1n) is 9.29. The normalized spacial score (nSPS) is 17.3. The van der Waals surface area contributed by atoms with E-state index in [0.717, 1.165) is 53.5 Å². The average molecular weight is 372 g/mol. The Morgan fingerprint density at radius 1 is 1.27 bits per heavy atom. The maximum absolute atomic E-state index is 12.6. The molecule has 0 unspecified atom stereocenters. The summed E-state index contributed by atoms with van der Waals surface area (Å²) in [7, 11) is 0. The summed E-state index contributed by atoms with van der Waals surface area (Å²) in [4.78, 5) is 28.6. The summed E-state index contributed by atoms with van der Waals surface area (Å²) in [5.41, 5.74) is 1.91. The number of carbonyl (C=O) groups excluding carboxylic acids is 2. The number of hydrogen-bond acceptors (Lipinski definition) is 4. The van der Waals surface area contributed by atoms with Crippen molar-refractivity contribution in [3.63, 3.8) is 0 Å². The lowest BCUT2D eigenvalue weighted by molar-refractivity contribution is -0.138. The van der Waals surface area contributed by atoms with Crippen LogP contribution in [0.5, 0.6) is 0 Å². The number of amides is 2. The van der Waals surface area contributed by atoms with Gasteiger partial charge in [-0.15, -0.1) is 11.3 Å². The standard InChI is InChI=1S/C19H24N4O2S/c1-13-6-7-17(26-13)18(24)20-11-15-10-16-12-22(8-3-9-23(16)21-15)19(25)14-4-2-5-14/h6-7,10,14H,2-5,8-9,11-12H2,1H3,(H,20,24). The van der Waals surface area contributed by atoms with E-state index in [1.165, 1.54) is 17.8 Å². The molecule has 0 aromatic carbocycles. The van der Waals surface area contributed by atoms with Gasteiger partial charge in [0.2, 0.25) is 5.91 Å². The minimum atomic E-state index is -0.0620. The maximum atomic E-state index is 12.6. The van der Waals surface area contributed by atoms with E-state index in [-0.39, 0.29) is 11.8 Å². The van der Waals surface area contributed by atoms with Crippen molar-refractivity contribution in [2.24, 2.45) is 5.92 Å². The number of fused-ring (bicyclic) bond motifs is 1. The van der Waals surface area contributed by atoms with Gasteiger partial charge in [-0.05, 0) is 44.4 Å². The molecule has 4 rings (SSSR count). The van der Waals surface area contributed by atoms with Crippen molar-refractivity contribution >= 4 is 23.2 Å². The lowest BCUT2D eigenvalue weighted by atomic mass is 9.84. The molecule has 7 heteroatoms. The zero-order valence-corrected chi connectivity index (χ0v) is 15.8. The molecule has 0 saturated heterocycles. The molecule has 2 aliphatic rings. The fourth-order valence-electron chi connectivity index (χ4n) is 3.52. The van der Waals surface area contributed by atoms with Crippen molar-refractivity contribution in [1.82, 2.24) is 20.0 Å². The third-order valence-corrected chi connectivity index (χ3v) is 6.22. The molecule has 138 valence electrons. The van der Waals surface area contributed by atoms with E-state index in [0.29, 0.717) is 19.0 Å². The molecule has 0 spiro atoms. The van der Waals surface area contributed by atoms with Crippen LogP contribution in [0.15, 0.2) is 18.2 Å². The monoisotopic (exact) mass is 372 g/mol. The zero-order valence-electron chi connectivity index (χ0n) is 15.0. The number of rotatable bonds is 4. The van der Waals surface area contributed by atoms with Crippen LogP contribution in [-0.4, -0.2) is 33.0 Å². The van der Waals surface area contributed by atoms with Crippen molar-refractivity contribution in [3.8, 4) is 0 Å². The fraction of sp³-hybridized carbons (Fsp3) is 0.526. The van der Waals surface area contributed by atoms with Gasteiger partial charge in [-0.3, -0.25) is 14.3 Å². The summed E-state index contributed by atoms with van der Waals surface area (Å²) in [5, 5.41) is 7.56. The number of nitrogens with zero attached hydrogens (tertiary/aromatic N) is 3. The molecular formula is C19H24N4O2S. The Morgan fingerprint density at radius 2 is 2.12 bits per heavy atom. The first kappa shape index (κ1) is 17.3. The highest BCUT2D eigenvalue weighted by atomic mass is 32.1. The Balaban J connectivity index is 1.39. The predicted octanol–water partition coefficient (Wildman–Crippen LogP) is 2.72. The van der Waals surface area contributed by atoms with Gasteiger partial charge in [-0.25, -0.2) is 0 Å². The topological polar surface area (TPSA) is 67.2 Å². The van der Waals surface area contributed by atoms with Crippen LogP contribution in [0, 0.1) is 12.8 Å². The molecule has 1 aliphatic heterocycles. The summed E-state index contributed by atoms with van der Waals surface area (Å²) < 4.78 is 1.99. The summed E-state index contributed by atoms with van der Waals surface area (Å²) in [6.07, 6.45) is 4.17. The number of carbonyl (C=O) groups is 2. The molecule has 1 aliphatic carbocycles. The molecule has 2 aromatic heterocycles. The molecule has 2 aromatic rings. The molecular weight excluding hydrogens is 348 g/mol. The van der Waals surface area contributed by atoms with Crippen molar-refractivity contribution in [2.45, 2.75) is 52.2 Å². The Morgan fingerprint density at radius 3 is 2.81 bits per heavy atom. The predicted molar refractivity (Wildman–Crippen MR) is 99.8 cm³/mol. The van der Waals surface area contributed by atoms with Gasteiger partial charge in [0.25, 0.3) is 5.91 Å². The Bertz CT molecular complexity index is 821. The molecule has 26 heavy (non-hydrogen) atoms. The number of aryl methyl sites for hydroxylation is 2. The lowest BCUT2D eigenvalue weighted by Crippen LogP contribution is -2.38. The number of hydrogen-bond donors (Lipinski definition) is 1. The van der Waals surface area contributed by atoms with Crippen LogP contribution in [-0.2, 0) is 24.4 Å². The summed E-state index contributed by atoms with van der Waals surface area (Å²) in [6.45, 7) is 4.65. The molecule has 0 bridgehead atoms. The van der Waals surface area contributed by atoms with Gasteiger partial charge in [0.1, 0.15) is 0 Å². The Kier molecular flexibility index (Phi) is 4.80. The van der Waals surface area contributed by atoms with Gasteiger partial charge in [0.05, 0.1) is 29.4 Å². The quantitative estimate of drug-likeness (QED) is 0.897. The smallest absolute Gasteiger partial charge is 0.261 e. The first-order chi connectivity index (χ1) is 12.6. The fourth-order valence-corrected chi connectivity index (χ4v) is 4.31. The van der Waals surface area contributed by atoms with E-state index in [1.54, 1.807) is 0 Å². The van der Waals surface area contributed by atoms with E-state index in [2.05, 4.69) is 10.4 Å². The molecule has 1 N–H and O–H groups in total. The second-order valence-corrected chi connectivity index (χ2v) is 8.47. The number of nitrogens with one attached hydrogen (secondary N) is 1. The van der Waals surface area contributed by atoms with E-state index >= 15 is 0 Å². The molecule has 0 atom stereocenters. The first-order valence-corrected chi connectivity index (χ1v) is 10.1. The van der Waals surface area contributed by atoms with E-state index in [4.69, 9.17) is 0 Å². The highest BCUT2D eigenvalue weighted by Gasteiger charge is 2.30. The Labute approximate surface area is 157 Å². The van der Waals surface area contributed by atoms with Crippen LogP contribution >= 0.6 is 11.3 Å². The second-order valence-electron chi connectivity index (χ2n) is 7.18. The van der Waals surface area contributed by atoms with Crippen molar-refractivity contribution < 1.29 is 9.59 Å².